The topological polar surface area (TPSA) is 69.6 Å². The summed E-state index contributed by atoms with van der Waals surface area (Å²) in [7, 11) is -3.11. The molecule has 1 fully saturated rings. The first-order chi connectivity index (χ1) is 9.60. The lowest BCUT2D eigenvalue weighted by atomic mass is 9.85. The fraction of sp³-hybridized carbons (Fsp3) is 1.00. The number of rotatable bonds is 8. The molecule has 0 aromatic heterocycles. The summed E-state index contributed by atoms with van der Waals surface area (Å²) in [6.07, 6.45) is 4.53. The van der Waals surface area contributed by atoms with Crippen LogP contribution in [0, 0.1) is 11.8 Å². The highest BCUT2D eigenvalue weighted by Gasteiger charge is 2.31. The van der Waals surface area contributed by atoms with Crippen LogP contribution in [0.25, 0.3) is 0 Å². The summed E-state index contributed by atoms with van der Waals surface area (Å²) in [5.41, 5.74) is -0.727. The Morgan fingerprint density at radius 1 is 1.43 bits per heavy atom. The zero-order valence-corrected chi connectivity index (χ0v) is 14.7. The largest absolute Gasteiger partial charge is 0.390 e. The van der Waals surface area contributed by atoms with Crippen molar-refractivity contribution in [3.05, 3.63) is 0 Å². The Bertz CT molecular complexity index is 407. The summed E-state index contributed by atoms with van der Waals surface area (Å²) < 4.78 is 24.8. The lowest BCUT2D eigenvalue weighted by Crippen LogP contribution is -2.42. The van der Waals surface area contributed by atoms with Gasteiger partial charge >= 0.3 is 0 Å². The number of aliphatic hydroxyl groups is 1. The van der Waals surface area contributed by atoms with Crippen molar-refractivity contribution < 1.29 is 13.5 Å². The third kappa shape index (κ3) is 7.58. The van der Waals surface area contributed by atoms with E-state index in [1.54, 1.807) is 4.31 Å². The van der Waals surface area contributed by atoms with E-state index in [1.807, 2.05) is 6.92 Å². The molecule has 21 heavy (non-hydrogen) atoms. The van der Waals surface area contributed by atoms with E-state index in [9.17, 15) is 13.5 Å². The molecule has 5 nitrogen and oxygen atoms in total. The van der Waals surface area contributed by atoms with E-state index in [4.69, 9.17) is 0 Å². The second kappa shape index (κ2) is 7.90. The molecule has 0 aromatic carbocycles. The number of nitrogens with one attached hydrogen (secondary N) is 1. The fourth-order valence-electron chi connectivity index (χ4n) is 2.97. The zero-order chi connectivity index (χ0) is 16.1. The minimum absolute atomic E-state index is 0.258. The molecule has 6 heteroatoms. The van der Waals surface area contributed by atoms with E-state index < -0.39 is 15.6 Å². The Morgan fingerprint density at radius 2 is 2.10 bits per heavy atom. The molecular weight excluding hydrogens is 288 g/mol. The minimum Gasteiger partial charge on any atom is -0.390 e. The average Bonchev–Trinajstić information content (AvgIpc) is 2.33. The Hall–Kier alpha value is -0.170. The molecular formula is C15H32N2O3S. The maximum Gasteiger partial charge on any atom is 0.211 e. The van der Waals surface area contributed by atoms with Crippen LogP contribution in [0.4, 0.5) is 0 Å². The average molecular weight is 320 g/mol. The summed E-state index contributed by atoms with van der Waals surface area (Å²) in [6, 6.07) is 0. The van der Waals surface area contributed by atoms with Gasteiger partial charge < -0.3 is 10.4 Å². The first kappa shape index (κ1) is 18.9. The van der Waals surface area contributed by atoms with E-state index >= 15 is 0 Å². The van der Waals surface area contributed by atoms with E-state index in [2.05, 4.69) is 19.2 Å². The maximum atomic E-state index is 11.6. The number of hydrogen-bond donors (Lipinski definition) is 2. The maximum absolute atomic E-state index is 11.6. The van der Waals surface area contributed by atoms with E-state index in [0.717, 1.165) is 25.9 Å². The summed E-state index contributed by atoms with van der Waals surface area (Å²) >= 11 is 0. The van der Waals surface area contributed by atoms with Gasteiger partial charge in [-0.15, -0.1) is 0 Å². The summed E-state index contributed by atoms with van der Waals surface area (Å²) in [6.45, 7) is 9.11. The van der Waals surface area contributed by atoms with Gasteiger partial charge in [-0.3, -0.25) is 0 Å². The van der Waals surface area contributed by atoms with Crippen molar-refractivity contribution in [3.63, 3.8) is 0 Å². The molecule has 1 aliphatic rings. The van der Waals surface area contributed by atoms with Crippen LogP contribution in [-0.4, -0.2) is 55.9 Å². The molecule has 2 unspecified atom stereocenters. The Labute approximate surface area is 130 Å². The predicted octanol–water partition coefficient (Wildman–Crippen LogP) is 1.43. The monoisotopic (exact) mass is 320 g/mol. The highest BCUT2D eigenvalue weighted by atomic mass is 32.2. The van der Waals surface area contributed by atoms with Crippen molar-refractivity contribution in [1.82, 2.24) is 9.62 Å². The first-order valence-electron chi connectivity index (χ1n) is 7.98. The lowest BCUT2D eigenvalue weighted by Gasteiger charge is -2.35. The van der Waals surface area contributed by atoms with E-state index in [0.29, 0.717) is 31.8 Å². The van der Waals surface area contributed by atoms with Crippen LogP contribution >= 0.6 is 0 Å². The SMILES string of the molecule is CC(C)CNCCC(C)(O)CC1CCCN(S(C)(=O)=O)C1. The van der Waals surface area contributed by atoms with Gasteiger partial charge in [0.05, 0.1) is 11.9 Å². The molecule has 0 amide bonds. The van der Waals surface area contributed by atoms with E-state index in [1.165, 1.54) is 6.26 Å². The van der Waals surface area contributed by atoms with Crippen LogP contribution in [0.1, 0.15) is 46.5 Å². The van der Waals surface area contributed by atoms with Crippen molar-refractivity contribution in [2.75, 3.05) is 32.4 Å². The van der Waals surface area contributed by atoms with Crippen molar-refractivity contribution >= 4 is 10.0 Å². The summed E-state index contributed by atoms with van der Waals surface area (Å²) in [5, 5.41) is 13.9. The van der Waals surface area contributed by atoms with Gasteiger partial charge in [0.1, 0.15) is 0 Å². The lowest BCUT2D eigenvalue weighted by molar-refractivity contribution is 0.0174. The molecule has 0 radical (unpaired) electrons. The van der Waals surface area contributed by atoms with Crippen molar-refractivity contribution in [2.45, 2.75) is 52.1 Å². The Morgan fingerprint density at radius 3 is 2.67 bits per heavy atom. The molecule has 1 saturated heterocycles. The van der Waals surface area contributed by atoms with Gasteiger partial charge in [0.25, 0.3) is 0 Å². The van der Waals surface area contributed by atoms with Crippen LogP contribution in [-0.2, 0) is 10.0 Å². The predicted molar refractivity (Wildman–Crippen MR) is 86.7 cm³/mol. The van der Waals surface area contributed by atoms with Crippen molar-refractivity contribution in [2.24, 2.45) is 11.8 Å². The van der Waals surface area contributed by atoms with Gasteiger partial charge in [-0.25, -0.2) is 12.7 Å². The quantitative estimate of drug-likeness (QED) is 0.664. The van der Waals surface area contributed by atoms with Crippen LogP contribution in [0.5, 0.6) is 0 Å². The molecule has 2 N–H and O–H groups in total. The molecule has 1 heterocycles. The molecule has 0 spiro atoms. The minimum atomic E-state index is -3.11. The first-order valence-corrected chi connectivity index (χ1v) is 9.83. The van der Waals surface area contributed by atoms with Crippen LogP contribution in [0.3, 0.4) is 0 Å². The van der Waals surface area contributed by atoms with Gasteiger partial charge in [-0.1, -0.05) is 13.8 Å². The zero-order valence-electron chi connectivity index (χ0n) is 13.9. The van der Waals surface area contributed by atoms with E-state index in [-0.39, 0.29) is 5.92 Å². The van der Waals surface area contributed by atoms with Crippen molar-refractivity contribution in [3.8, 4) is 0 Å². The highest BCUT2D eigenvalue weighted by Crippen LogP contribution is 2.28. The number of nitrogens with zero attached hydrogens (tertiary/aromatic N) is 1. The van der Waals surface area contributed by atoms with Gasteiger partial charge in [0, 0.05) is 13.1 Å². The highest BCUT2D eigenvalue weighted by molar-refractivity contribution is 7.88. The fourth-order valence-corrected chi connectivity index (χ4v) is 3.91. The molecule has 126 valence electrons. The molecule has 0 bridgehead atoms. The molecule has 1 aliphatic heterocycles. The Balaban J connectivity index is 2.39. The second-order valence-electron chi connectivity index (χ2n) is 7.18. The number of piperidine rings is 1. The molecule has 0 saturated carbocycles. The van der Waals surface area contributed by atoms with Crippen molar-refractivity contribution in [1.29, 1.82) is 0 Å². The normalized spacial score (nSPS) is 24.2. The molecule has 0 aliphatic carbocycles. The standard InChI is InChI=1S/C15H32N2O3S/c1-13(2)11-16-8-7-15(3,18)10-14-6-5-9-17(12-14)21(4,19)20/h13-14,16,18H,5-12H2,1-4H3. The van der Waals surface area contributed by atoms with Gasteiger partial charge in [0.2, 0.25) is 10.0 Å². The second-order valence-corrected chi connectivity index (χ2v) is 9.16. The van der Waals surface area contributed by atoms with Crippen LogP contribution in [0.15, 0.2) is 0 Å². The van der Waals surface area contributed by atoms with Crippen LogP contribution in [0.2, 0.25) is 0 Å². The molecule has 0 aromatic rings. The summed E-state index contributed by atoms with van der Waals surface area (Å²) in [5.74, 6) is 0.866. The Kier molecular flexibility index (Phi) is 7.10. The van der Waals surface area contributed by atoms with Gasteiger partial charge in [0.15, 0.2) is 0 Å². The third-order valence-corrected chi connectivity index (χ3v) is 5.34. The number of hydrogen-bond acceptors (Lipinski definition) is 4. The summed E-state index contributed by atoms with van der Waals surface area (Å²) in [4.78, 5) is 0. The molecule has 2 atom stereocenters. The smallest absolute Gasteiger partial charge is 0.211 e. The van der Waals surface area contributed by atoms with Gasteiger partial charge in [-0.2, -0.15) is 0 Å². The number of sulfonamides is 1. The van der Waals surface area contributed by atoms with Crippen LogP contribution < -0.4 is 5.32 Å². The van der Waals surface area contributed by atoms with Gasteiger partial charge in [-0.05, 0) is 57.5 Å². The third-order valence-electron chi connectivity index (χ3n) is 4.07. The molecule has 1 rings (SSSR count).